The minimum atomic E-state index is -4.21. The second-order valence-corrected chi connectivity index (χ2v) is 14.9. The lowest BCUT2D eigenvalue weighted by molar-refractivity contribution is -0.148. The van der Waals surface area contributed by atoms with Crippen molar-refractivity contribution in [1.29, 1.82) is 0 Å². The lowest BCUT2D eigenvalue weighted by Gasteiger charge is -2.35. The highest BCUT2D eigenvalue weighted by atomic mass is 32.2. The van der Waals surface area contributed by atoms with Crippen LogP contribution in [0, 0.1) is 5.41 Å². The first kappa shape index (κ1) is 30.9. The number of carbonyl (C=O) groups is 1. The third-order valence-electron chi connectivity index (χ3n) is 8.19. The van der Waals surface area contributed by atoms with E-state index in [1.165, 1.54) is 32.0 Å². The fraction of sp³-hybridized carbons (Fsp3) is 0.552. The van der Waals surface area contributed by atoms with Gasteiger partial charge in [-0.25, -0.2) is 26.0 Å². The summed E-state index contributed by atoms with van der Waals surface area (Å²) in [4.78, 5) is 14.5. The zero-order valence-electron chi connectivity index (χ0n) is 23.6. The van der Waals surface area contributed by atoms with Crippen LogP contribution in [0.4, 0.5) is 28.9 Å². The first-order chi connectivity index (χ1) is 19.6. The van der Waals surface area contributed by atoms with Gasteiger partial charge in [-0.3, -0.25) is 4.79 Å². The molecule has 2 fully saturated rings. The Kier molecular flexibility index (Phi) is 8.25. The molecule has 0 amide bonds. The van der Waals surface area contributed by atoms with Crippen LogP contribution >= 0.6 is 11.8 Å². The average Bonchev–Trinajstić information content (AvgIpc) is 3.72. The molecule has 42 heavy (non-hydrogen) atoms. The highest BCUT2D eigenvalue weighted by Crippen LogP contribution is 2.52. The Morgan fingerprint density at radius 3 is 2.38 bits per heavy atom. The largest absolute Gasteiger partial charge is 0.491 e. The SMILES string of the molecule is COC(=O)C1(COc2cc3c(cc2SC2CC(F)(F)C2)N(c2ccccc2)C[C@H](CCC(C)(F)F)N(C)S3(=O)=O)CC1. The van der Waals surface area contributed by atoms with Crippen LogP contribution in [0.3, 0.4) is 0 Å². The molecule has 1 atom stereocenters. The molecule has 3 aliphatic rings. The van der Waals surface area contributed by atoms with Crippen molar-refractivity contribution in [2.24, 2.45) is 5.41 Å². The van der Waals surface area contributed by atoms with Gasteiger partial charge in [-0.05, 0) is 44.4 Å². The Morgan fingerprint density at radius 2 is 1.81 bits per heavy atom. The molecule has 0 N–H and O–H groups in total. The summed E-state index contributed by atoms with van der Waals surface area (Å²) in [7, 11) is -1.54. The lowest BCUT2D eigenvalue weighted by Crippen LogP contribution is -2.41. The van der Waals surface area contributed by atoms with E-state index < -0.39 is 51.0 Å². The number of carbonyl (C=O) groups excluding carboxylic acids is 1. The van der Waals surface area contributed by atoms with Gasteiger partial charge in [0.15, 0.2) is 0 Å². The van der Waals surface area contributed by atoms with Crippen molar-refractivity contribution in [1.82, 2.24) is 4.31 Å². The van der Waals surface area contributed by atoms with Crippen LogP contribution in [-0.4, -0.2) is 69.1 Å². The molecule has 13 heteroatoms. The van der Waals surface area contributed by atoms with E-state index in [0.29, 0.717) is 29.1 Å². The van der Waals surface area contributed by atoms with Crippen molar-refractivity contribution in [3.63, 3.8) is 0 Å². The molecular weight excluding hydrogens is 596 g/mol. The van der Waals surface area contributed by atoms with Gasteiger partial charge in [-0.1, -0.05) is 18.2 Å². The molecule has 7 nitrogen and oxygen atoms in total. The van der Waals surface area contributed by atoms with Gasteiger partial charge >= 0.3 is 5.97 Å². The molecule has 1 heterocycles. The minimum Gasteiger partial charge on any atom is -0.491 e. The number of hydrogen-bond acceptors (Lipinski definition) is 7. The standard InChI is InChI=1S/C29H34F4N2O5S2/c1-27(30,31)10-9-20-17-35(19-7-5-4-6-8-19)22-13-24(41-21-15-29(32,33)16-21)23(14-25(22)42(37,38)34(20)2)40-18-28(11-12-28)26(36)39-3/h4-8,13-14,20-21H,9-12,15-18H2,1-3H3/t20-/m0/s1. The van der Waals surface area contributed by atoms with Crippen LogP contribution in [0.1, 0.15) is 45.4 Å². The Labute approximate surface area is 247 Å². The minimum absolute atomic E-state index is 0.0562. The zero-order chi connectivity index (χ0) is 30.5. The number of anilines is 2. The number of rotatable bonds is 10. The molecule has 2 aromatic carbocycles. The van der Waals surface area contributed by atoms with E-state index in [9.17, 15) is 30.8 Å². The monoisotopic (exact) mass is 630 g/mol. The normalized spacial score (nSPS) is 22.9. The number of thioether (sulfide) groups is 1. The number of sulfonamides is 1. The molecule has 2 saturated carbocycles. The van der Waals surface area contributed by atoms with Gasteiger partial charge in [-0.15, -0.1) is 11.8 Å². The van der Waals surface area contributed by atoms with Gasteiger partial charge in [-0.2, -0.15) is 4.31 Å². The summed E-state index contributed by atoms with van der Waals surface area (Å²) >= 11 is 1.18. The number of fused-ring (bicyclic) bond motifs is 1. The summed E-state index contributed by atoms with van der Waals surface area (Å²) in [6.07, 6.45) is -0.130. The highest BCUT2D eigenvalue weighted by molar-refractivity contribution is 8.00. The Hall–Kier alpha value is -2.51. The van der Waals surface area contributed by atoms with Crippen molar-refractivity contribution < 1.29 is 40.2 Å². The van der Waals surface area contributed by atoms with Gasteiger partial charge in [0.25, 0.3) is 0 Å². The van der Waals surface area contributed by atoms with Gasteiger partial charge in [0.2, 0.25) is 21.9 Å². The second kappa shape index (κ2) is 11.2. The van der Waals surface area contributed by atoms with E-state index in [2.05, 4.69) is 0 Å². The van der Waals surface area contributed by atoms with Crippen molar-refractivity contribution >= 4 is 39.1 Å². The van der Waals surface area contributed by atoms with Gasteiger partial charge in [0.1, 0.15) is 22.7 Å². The number of para-hydroxylation sites is 1. The molecule has 2 aliphatic carbocycles. The predicted octanol–water partition coefficient (Wildman–Crippen LogP) is 6.48. The van der Waals surface area contributed by atoms with Crippen LogP contribution in [0.5, 0.6) is 5.75 Å². The maximum atomic E-state index is 14.0. The quantitative estimate of drug-likeness (QED) is 0.220. The maximum Gasteiger partial charge on any atom is 0.315 e. The van der Waals surface area contributed by atoms with Crippen molar-refractivity contribution in [3.05, 3.63) is 42.5 Å². The van der Waals surface area contributed by atoms with Gasteiger partial charge in [0.05, 0.1) is 17.7 Å². The second-order valence-electron chi connectivity index (χ2n) is 11.6. The first-order valence-corrected chi connectivity index (χ1v) is 16.1. The van der Waals surface area contributed by atoms with E-state index in [1.807, 2.05) is 6.07 Å². The highest BCUT2D eigenvalue weighted by Gasteiger charge is 2.52. The van der Waals surface area contributed by atoms with Gasteiger partial charge < -0.3 is 14.4 Å². The van der Waals surface area contributed by atoms with Crippen LogP contribution in [-0.2, 0) is 19.6 Å². The number of halogens is 4. The summed E-state index contributed by atoms with van der Waals surface area (Å²) in [5, 5.41) is -0.411. The summed E-state index contributed by atoms with van der Waals surface area (Å²) < 4.78 is 95.4. The van der Waals surface area contributed by atoms with E-state index in [-0.39, 0.29) is 43.1 Å². The zero-order valence-corrected chi connectivity index (χ0v) is 25.3. The molecule has 2 aromatic rings. The fourth-order valence-corrected chi connectivity index (χ4v) is 8.33. The number of methoxy groups -OCH3 is 1. The molecular formula is C29H34F4N2O5S2. The fourth-order valence-electron chi connectivity index (χ4n) is 5.33. The number of hydrogen-bond donors (Lipinski definition) is 0. The predicted molar refractivity (Wildman–Crippen MR) is 151 cm³/mol. The number of likely N-dealkylation sites (N-methyl/N-ethyl adjacent to an activating group) is 1. The summed E-state index contributed by atoms with van der Waals surface area (Å²) in [5.74, 6) is -6.00. The summed E-state index contributed by atoms with van der Waals surface area (Å²) in [5.41, 5.74) is 0.114. The van der Waals surface area contributed by atoms with Gasteiger partial charge in [0, 0.05) is 55.9 Å². The lowest BCUT2D eigenvalue weighted by atomic mass is 9.94. The Morgan fingerprint density at radius 1 is 1.14 bits per heavy atom. The Balaban J connectivity index is 1.59. The van der Waals surface area contributed by atoms with Crippen molar-refractivity contribution in [2.45, 2.75) is 78.4 Å². The third-order valence-corrected chi connectivity index (χ3v) is 11.4. The molecule has 0 spiro atoms. The first-order valence-electron chi connectivity index (χ1n) is 13.8. The van der Waals surface area contributed by atoms with Crippen LogP contribution in [0.25, 0.3) is 0 Å². The maximum absolute atomic E-state index is 14.0. The number of ether oxygens (including phenoxy) is 2. The molecule has 1 aliphatic heterocycles. The summed E-state index contributed by atoms with van der Waals surface area (Å²) in [6.45, 7) is 0.847. The molecule has 0 bridgehead atoms. The molecule has 5 rings (SSSR count). The van der Waals surface area contributed by atoms with Crippen molar-refractivity contribution in [2.75, 3.05) is 32.2 Å². The molecule has 230 valence electrons. The Bertz CT molecular complexity index is 1420. The number of nitrogens with zero attached hydrogens (tertiary/aromatic N) is 2. The topological polar surface area (TPSA) is 76.2 Å². The smallest absolute Gasteiger partial charge is 0.315 e. The molecule has 0 saturated heterocycles. The molecule has 0 aromatic heterocycles. The molecule has 0 radical (unpaired) electrons. The number of alkyl halides is 4. The molecule has 0 unspecified atom stereocenters. The van der Waals surface area contributed by atoms with Crippen LogP contribution < -0.4 is 9.64 Å². The van der Waals surface area contributed by atoms with Crippen molar-refractivity contribution in [3.8, 4) is 5.75 Å². The average molecular weight is 631 g/mol. The van der Waals surface area contributed by atoms with E-state index in [1.54, 1.807) is 35.2 Å². The van der Waals surface area contributed by atoms with E-state index >= 15 is 0 Å². The van der Waals surface area contributed by atoms with E-state index in [4.69, 9.17) is 9.47 Å². The number of benzene rings is 2. The van der Waals surface area contributed by atoms with Crippen LogP contribution in [0.2, 0.25) is 0 Å². The van der Waals surface area contributed by atoms with E-state index in [0.717, 1.165) is 11.2 Å². The number of esters is 1. The summed E-state index contributed by atoms with van der Waals surface area (Å²) in [6, 6.07) is 11.2. The van der Waals surface area contributed by atoms with Crippen LogP contribution in [0.15, 0.2) is 52.3 Å². The third kappa shape index (κ3) is 6.37.